The molecule has 0 amide bonds. The van der Waals surface area contributed by atoms with Crippen molar-refractivity contribution >= 4 is 28.9 Å². The normalized spacial score (nSPS) is 10.4. The van der Waals surface area contributed by atoms with Crippen molar-refractivity contribution in [2.75, 3.05) is 0 Å². The summed E-state index contributed by atoms with van der Waals surface area (Å²) in [5.74, 6) is -0.0510. The van der Waals surface area contributed by atoms with Crippen LogP contribution in [-0.2, 0) is 12.5 Å². The van der Waals surface area contributed by atoms with Gasteiger partial charge in [0, 0.05) is 11.6 Å². The molecule has 0 spiro atoms. The summed E-state index contributed by atoms with van der Waals surface area (Å²) >= 11 is 11.8. The second-order valence-electron chi connectivity index (χ2n) is 4.18. The number of alkyl halides is 1. The minimum Gasteiger partial charge on any atom is -0.487 e. The van der Waals surface area contributed by atoms with E-state index in [1.165, 1.54) is 0 Å². The number of nitro benzene ring substituents is 1. The van der Waals surface area contributed by atoms with Crippen molar-refractivity contribution in [1.29, 1.82) is 0 Å². The molecule has 2 aromatic rings. The van der Waals surface area contributed by atoms with Gasteiger partial charge in [-0.15, -0.1) is 11.6 Å². The number of benzene rings is 2. The second-order valence-corrected chi connectivity index (χ2v) is 4.85. The van der Waals surface area contributed by atoms with Crippen molar-refractivity contribution < 1.29 is 14.1 Å². The molecule has 0 N–H and O–H groups in total. The molecule has 0 aromatic heterocycles. The summed E-state index contributed by atoms with van der Waals surface area (Å²) < 4.78 is 18.7. The maximum Gasteiger partial charge on any atom is 0.276 e. The summed E-state index contributed by atoms with van der Waals surface area (Å²) in [4.78, 5) is 10.3. The van der Waals surface area contributed by atoms with Crippen LogP contribution in [0.2, 0.25) is 5.02 Å². The van der Waals surface area contributed by atoms with Crippen LogP contribution in [0.25, 0.3) is 0 Å². The standard InChI is InChI=1S/C14H10Cl2FNO3/c15-7-9-2-1-3-12(16)14(9)21-8-10-6-11(17)4-5-13(10)18(19)20/h1-6H,7-8H2. The van der Waals surface area contributed by atoms with E-state index >= 15 is 0 Å². The van der Waals surface area contributed by atoms with Gasteiger partial charge in [-0.1, -0.05) is 23.7 Å². The fourth-order valence-electron chi connectivity index (χ4n) is 1.82. The van der Waals surface area contributed by atoms with Gasteiger partial charge in [-0.05, 0) is 18.2 Å². The fraction of sp³-hybridized carbons (Fsp3) is 0.143. The highest BCUT2D eigenvalue weighted by Gasteiger charge is 2.16. The van der Waals surface area contributed by atoms with Crippen LogP contribution in [0, 0.1) is 15.9 Å². The SMILES string of the molecule is O=[N+]([O-])c1ccc(F)cc1COc1c(Cl)cccc1CCl. The molecule has 4 nitrogen and oxygen atoms in total. The summed E-state index contributed by atoms with van der Waals surface area (Å²) in [5, 5.41) is 11.3. The van der Waals surface area contributed by atoms with Crippen molar-refractivity contribution in [2.24, 2.45) is 0 Å². The molecule has 0 atom stereocenters. The van der Waals surface area contributed by atoms with Crippen LogP contribution >= 0.6 is 23.2 Å². The Labute approximate surface area is 130 Å². The van der Waals surface area contributed by atoms with E-state index < -0.39 is 10.7 Å². The number of nitro groups is 1. The van der Waals surface area contributed by atoms with Crippen LogP contribution in [0.4, 0.5) is 10.1 Å². The van der Waals surface area contributed by atoms with E-state index in [0.717, 1.165) is 18.2 Å². The third-order valence-corrected chi connectivity index (χ3v) is 3.39. The molecule has 0 saturated carbocycles. The molecule has 2 rings (SSSR count). The molecular formula is C14H10Cl2FNO3. The molecule has 0 aliphatic carbocycles. The van der Waals surface area contributed by atoms with Gasteiger partial charge < -0.3 is 4.74 Å². The summed E-state index contributed by atoms with van der Waals surface area (Å²) in [6.45, 7) is -0.179. The van der Waals surface area contributed by atoms with Gasteiger partial charge in [0.15, 0.2) is 0 Å². The average molecular weight is 330 g/mol. The number of ether oxygens (including phenoxy) is 1. The van der Waals surface area contributed by atoms with Crippen LogP contribution in [0.3, 0.4) is 0 Å². The van der Waals surface area contributed by atoms with Gasteiger partial charge in [0.1, 0.15) is 18.2 Å². The molecule has 7 heteroatoms. The van der Waals surface area contributed by atoms with Gasteiger partial charge in [0.25, 0.3) is 5.69 Å². The molecule has 110 valence electrons. The zero-order valence-electron chi connectivity index (χ0n) is 10.7. The van der Waals surface area contributed by atoms with E-state index in [1.54, 1.807) is 18.2 Å². The monoisotopic (exact) mass is 329 g/mol. The average Bonchev–Trinajstić information content (AvgIpc) is 2.45. The molecule has 0 bridgehead atoms. The summed E-state index contributed by atoms with van der Waals surface area (Å²) in [6, 6.07) is 8.26. The summed E-state index contributed by atoms with van der Waals surface area (Å²) in [6.07, 6.45) is 0. The Morgan fingerprint density at radius 2 is 2.00 bits per heavy atom. The van der Waals surface area contributed by atoms with Gasteiger partial charge in [0.2, 0.25) is 0 Å². The lowest BCUT2D eigenvalue weighted by molar-refractivity contribution is -0.385. The predicted molar refractivity (Wildman–Crippen MR) is 78.4 cm³/mol. The van der Waals surface area contributed by atoms with E-state index in [4.69, 9.17) is 27.9 Å². The first-order chi connectivity index (χ1) is 10.0. The number of para-hydroxylation sites is 1. The van der Waals surface area contributed by atoms with Crippen LogP contribution in [0.15, 0.2) is 36.4 Å². The second kappa shape index (κ2) is 6.74. The quantitative estimate of drug-likeness (QED) is 0.453. The molecule has 0 unspecified atom stereocenters. The van der Waals surface area contributed by atoms with Gasteiger partial charge in [-0.2, -0.15) is 0 Å². The number of rotatable bonds is 5. The lowest BCUT2D eigenvalue weighted by atomic mass is 10.2. The van der Waals surface area contributed by atoms with E-state index in [2.05, 4.69) is 0 Å². The first-order valence-electron chi connectivity index (χ1n) is 5.92. The van der Waals surface area contributed by atoms with Crippen LogP contribution in [0.5, 0.6) is 5.75 Å². The highest BCUT2D eigenvalue weighted by molar-refractivity contribution is 6.32. The van der Waals surface area contributed by atoms with Crippen LogP contribution in [-0.4, -0.2) is 4.92 Å². The highest BCUT2D eigenvalue weighted by atomic mass is 35.5. The van der Waals surface area contributed by atoms with Crippen molar-refractivity contribution in [1.82, 2.24) is 0 Å². The fourth-order valence-corrected chi connectivity index (χ4v) is 2.28. The van der Waals surface area contributed by atoms with E-state index in [9.17, 15) is 14.5 Å². The maximum atomic E-state index is 13.2. The number of halogens is 3. The van der Waals surface area contributed by atoms with E-state index in [1.807, 2.05) is 0 Å². The van der Waals surface area contributed by atoms with Crippen LogP contribution < -0.4 is 4.74 Å². The smallest absolute Gasteiger partial charge is 0.276 e. The molecular weight excluding hydrogens is 320 g/mol. The Hall–Kier alpha value is -1.85. The van der Waals surface area contributed by atoms with Gasteiger partial charge in [0.05, 0.1) is 21.4 Å². The van der Waals surface area contributed by atoms with Gasteiger partial charge >= 0.3 is 0 Å². The Morgan fingerprint density at radius 1 is 1.24 bits per heavy atom. The van der Waals surface area contributed by atoms with E-state index in [0.29, 0.717) is 16.3 Å². The third kappa shape index (κ3) is 3.62. The molecule has 2 aromatic carbocycles. The van der Waals surface area contributed by atoms with Gasteiger partial charge in [-0.3, -0.25) is 10.1 Å². The molecule has 0 radical (unpaired) electrons. The number of hydrogen-bond donors (Lipinski definition) is 0. The first kappa shape index (κ1) is 15.5. The Kier molecular flexibility index (Phi) is 4.98. The van der Waals surface area contributed by atoms with Crippen molar-refractivity contribution in [3.8, 4) is 5.75 Å². The first-order valence-corrected chi connectivity index (χ1v) is 6.83. The highest BCUT2D eigenvalue weighted by Crippen LogP contribution is 2.31. The minimum atomic E-state index is -0.590. The van der Waals surface area contributed by atoms with E-state index in [-0.39, 0.29) is 23.7 Å². The summed E-state index contributed by atoms with van der Waals surface area (Å²) in [7, 11) is 0. The third-order valence-electron chi connectivity index (χ3n) is 2.80. The Morgan fingerprint density at radius 3 is 2.67 bits per heavy atom. The molecule has 0 aliphatic rings. The Balaban J connectivity index is 2.28. The lowest BCUT2D eigenvalue weighted by Crippen LogP contribution is -2.03. The van der Waals surface area contributed by atoms with Crippen molar-refractivity contribution in [3.63, 3.8) is 0 Å². The number of nitrogens with zero attached hydrogens (tertiary/aromatic N) is 1. The zero-order valence-corrected chi connectivity index (χ0v) is 12.2. The molecule has 0 heterocycles. The zero-order chi connectivity index (χ0) is 15.4. The molecule has 21 heavy (non-hydrogen) atoms. The minimum absolute atomic E-state index is 0.125. The number of hydrogen-bond acceptors (Lipinski definition) is 3. The van der Waals surface area contributed by atoms with Crippen molar-refractivity contribution in [2.45, 2.75) is 12.5 Å². The molecule has 0 saturated heterocycles. The topological polar surface area (TPSA) is 52.4 Å². The van der Waals surface area contributed by atoms with Crippen molar-refractivity contribution in [3.05, 3.63) is 68.5 Å². The molecule has 0 aliphatic heterocycles. The lowest BCUT2D eigenvalue weighted by Gasteiger charge is -2.12. The largest absolute Gasteiger partial charge is 0.487 e. The van der Waals surface area contributed by atoms with Crippen LogP contribution in [0.1, 0.15) is 11.1 Å². The maximum absolute atomic E-state index is 13.2. The summed E-state index contributed by atoms with van der Waals surface area (Å²) in [5.41, 5.74) is 0.569. The van der Waals surface area contributed by atoms with Gasteiger partial charge in [-0.25, -0.2) is 4.39 Å². The Bertz CT molecular complexity index is 679. The molecule has 0 fully saturated rings. The predicted octanol–water partition coefficient (Wildman–Crippen LogP) is 4.71.